The molecule has 67 heavy (non-hydrogen) atoms. The van der Waals surface area contributed by atoms with Crippen LogP contribution >= 0.6 is 0 Å². The molecule has 0 radical (unpaired) electrons. The van der Waals surface area contributed by atoms with Crippen LogP contribution in [0.5, 0.6) is 0 Å². The van der Waals surface area contributed by atoms with E-state index in [-0.39, 0.29) is 19.5 Å². The van der Waals surface area contributed by atoms with Crippen molar-refractivity contribution >= 4 is 29.5 Å². The normalized spacial score (nSPS) is 37.6. The van der Waals surface area contributed by atoms with Crippen LogP contribution in [-0.2, 0) is 42.7 Å². The minimum atomic E-state index is -5.08. The molecule has 1 aliphatic carbocycles. The highest BCUT2D eigenvalue weighted by Crippen LogP contribution is 2.36. The zero-order chi connectivity index (χ0) is 49.3. The van der Waals surface area contributed by atoms with E-state index in [2.05, 4.69) is 10.6 Å². The minimum absolute atomic E-state index is 0.0101. The van der Waals surface area contributed by atoms with E-state index in [4.69, 9.17) is 82.2 Å². The number of para-hydroxylation sites is 2. The van der Waals surface area contributed by atoms with Crippen LogP contribution in [0.1, 0.15) is 6.42 Å². The zero-order valence-corrected chi connectivity index (χ0v) is 35.3. The summed E-state index contributed by atoms with van der Waals surface area (Å²) in [4.78, 5) is 35.5. The highest BCUT2D eigenvalue weighted by molar-refractivity contribution is 5.85. The summed E-state index contributed by atoms with van der Waals surface area (Å²) in [5, 5.41) is 66.3. The fourth-order valence-electron chi connectivity index (χ4n) is 7.46. The largest absolute Gasteiger partial charge is 0.490 e. The maximum Gasteiger partial charge on any atom is 0.490 e. The van der Waals surface area contributed by atoms with E-state index in [1.807, 2.05) is 0 Å². The van der Waals surface area contributed by atoms with Crippen LogP contribution in [0.4, 0.5) is 34.1 Å². The van der Waals surface area contributed by atoms with Gasteiger partial charge in [0.2, 0.25) is 0 Å². The summed E-state index contributed by atoms with van der Waals surface area (Å²) in [7, 11) is 0. The van der Waals surface area contributed by atoms with E-state index in [1.165, 1.54) is 0 Å². The quantitative estimate of drug-likeness (QED) is 0.0917. The topological polar surface area (TPSA) is 427 Å². The van der Waals surface area contributed by atoms with Crippen molar-refractivity contribution < 1.29 is 96.1 Å². The number of hydrogen-bond donors (Lipinski definition) is 14. The Labute approximate surface area is 379 Å². The Balaban J connectivity index is 0.00000111. The number of rotatable bonds is 13. The first-order valence-corrected chi connectivity index (χ1v) is 20.7. The number of aliphatic hydroxyl groups is 5. The second kappa shape index (κ2) is 23.7. The van der Waals surface area contributed by atoms with Crippen molar-refractivity contribution in [3.05, 3.63) is 60.7 Å². The summed E-state index contributed by atoms with van der Waals surface area (Å²) >= 11 is 0. The first-order valence-electron chi connectivity index (χ1n) is 20.7. The number of nitrogens with one attached hydrogen (secondary N) is 2. The van der Waals surface area contributed by atoms with Crippen molar-refractivity contribution in [2.75, 3.05) is 30.3 Å². The molecule has 3 heterocycles. The number of aliphatic carboxylic acids is 1. The van der Waals surface area contributed by atoms with E-state index in [0.29, 0.717) is 11.4 Å². The number of carbonyl (C=O) groups is 3. The molecule has 2 amide bonds. The van der Waals surface area contributed by atoms with E-state index in [9.17, 15) is 48.3 Å². The van der Waals surface area contributed by atoms with Crippen molar-refractivity contribution in [3.8, 4) is 0 Å². The predicted molar refractivity (Wildman–Crippen MR) is 221 cm³/mol. The molecule has 0 aromatic heterocycles. The summed E-state index contributed by atoms with van der Waals surface area (Å²) < 4.78 is 80.0. The van der Waals surface area contributed by atoms with Gasteiger partial charge in [-0.15, -0.1) is 0 Å². The number of anilines is 2. The molecule has 25 nitrogen and oxygen atoms in total. The van der Waals surface area contributed by atoms with Crippen LogP contribution in [0.15, 0.2) is 60.7 Å². The molecule has 2 aromatic carbocycles. The summed E-state index contributed by atoms with van der Waals surface area (Å²) in [6.45, 7) is -1.03. The van der Waals surface area contributed by atoms with Gasteiger partial charge in [0.25, 0.3) is 0 Å². The summed E-state index contributed by atoms with van der Waals surface area (Å²) in [6.07, 6.45) is -28.7. The van der Waals surface area contributed by atoms with Gasteiger partial charge >= 0.3 is 24.3 Å². The molecule has 376 valence electrons. The van der Waals surface area contributed by atoms with Gasteiger partial charge in [0.05, 0.1) is 18.2 Å². The van der Waals surface area contributed by atoms with Gasteiger partial charge in [-0.2, -0.15) is 13.2 Å². The van der Waals surface area contributed by atoms with Crippen LogP contribution in [0.2, 0.25) is 0 Å². The van der Waals surface area contributed by atoms with Crippen LogP contribution in [0.25, 0.3) is 0 Å². The van der Waals surface area contributed by atoms with Crippen molar-refractivity contribution in [1.82, 2.24) is 0 Å². The fraction of sp³-hybridized carbons (Fsp3) is 0.615. The second-order valence-electron chi connectivity index (χ2n) is 15.8. The van der Waals surface area contributed by atoms with E-state index >= 15 is 0 Å². The SMILES string of the molecule is NC[C@H]1O[C@@H](O[C@@H]2[C@@H](O[C@@H]3O[C@H](COC(=O)Nc4ccccc4)[C@@H](O[C@@H]4O[C@H](CN)[C@@H](O)[C@H](O)[C@H]4N)[C@H]3OC(=O)Nc3ccccc3)[C@@H](O)[C@H](N)C[C@@H]2N)[C@H](N)[C@@H](O)[C@@H]1O.O=C(O)C(F)(F)F. The molecule has 0 bridgehead atoms. The highest BCUT2D eigenvalue weighted by atomic mass is 19.4. The third-order valence-electron chi connectivity index (χ3n) is 11.1. The molecule has 2 aromatic rings. The number of hydrogen-bond acceptors (Lipinski definition) is 22. The minimum Gasteiger partial charge on any atom is -0.475 e. The smallest absolute Gasteiger partial charge is 0.475 e. The molecule has 1 saturated carbocycles. The standard InChI is InChI=1S/C37H56N8O15.C2HF3O2/c38-12-19-25(47)27(49)22(42)33(54-19)57-29-18(41)11-17(40)24(46)31(29)59-35-32(60-37(52)45-16-9-5-2-6-10-16)30(58-34-23(43)28(50)26(48)20(13-39)55-34)21(56-35)14-53-36(51)44-15-7-3-1-4-8-15;3-2(4,5)1(6)7/h1-10,17-35,46-50H,11-14,38-43H2,(H,44,51)(H,45,52);(H,6,7)/t17-,18+,19-,20-,21-,22-,23-,24+,25-,26-,27-,28-,29+,30-,31+,32-,33+,34+,35+;/m1./s1. The third-order valence-corrected chi connectivity index (χ3v) is 11.1. The maximum atomic E-state index is 13.6. The van der Waals surface area contributed by atoms with Gasteiger partial charge < -0.3 is 103 Å². The van der Waals surface area contributed by atoms with Gasteiger partial charge in [0.15, 0.2) is 25.0 Å². The molecule has 4 fully saturated rings. The first-order chi connectivity index (χ1) is 31.6. The maximum absolute atomic E-state index is 13.6. The fourth-order valence-corrected chi connectivity index (χ4v) is 7.46. The number of alkyl halides is 3. The lowest BCUT2D eigenvalue weighted by atomic mass is 9.84. The molecule has 6 rings (SSSR count). The number of carboxylic acid groups (broad SMARTS) is 1. The Bertz CT molecular complexity index is 1890. The van der Waals surface area contributed by atoms with Crippen molar-refractivity contribution in [3.63, 3.8) is 0 Å². The molecular weight excluding hydrogens is 909 g/mol. The van der Waals surface area contributed by atoms with Crippen molar-refractivity contribution in [2.24, 2.45) is 34.4 Å². The van der Waals surface area contributed by atoms with Crippen molar-refractivity contribution in [2.45, 2.75) is 129 Å². The van der Waals surface area contributed by atoms with Gasteiger partial charge in [0, 0.05) is 36.5 Å². The van der Waals surface area contributed by atoms with Gasteiger partial charge in [-0.1, -0.05) is 36.4 Å². The summed E-state index contributed by atoms with van der Waals surface area (Å²) in [5.41, 5.74) is 37.6. The predicted octanol–water partition coefficient (Wildman–Crippen LogP) is -3.75. The van der Waals surface area contributed by atoms with E-state index in [0.717, 1.165) is 0 Å². The number of carbonyl (C=O) groups excluding carboxylic acids is 2. The average molecular weight is 967 g/mol. The Morgan fingerprint density at radius 3 is 1.49 bits per heavy atom. The number of benzene rings is 2. The Morgan fingerprint density at radius 2 is 1.03 bits per heavy atom. The molecular formula is C39H57F3N8O17. The number of halogens is 3. The number of carboxylic acids is 1. The first kappa shape index (κ1) is 53.5. The molecule has 3 saturated heterocycles. The number of ether oxygens (including phenoxy) is 8. The Morgan fingerprint density at radius 1 is 0.597 bits per heavy atom. The van der Waals surface area contributed by atoms with Crippen molar-refractivity contribution in [1.29, 1.82) is 0 Å². The molecule has 0 spiro atoms. The van der Waals surface area contributed by atoms with Crippen LogP contribution in [0, 0.1) is 0 Å². The van der Waals surface area contributed by atoms with E-state index < -0.39 is 147 Å². The molecule has 28 heteroatoms. The van der Waals surface area contributed by atoms with Crippen LogP contribution in [-0.4, -0.2) is 191 Å². The molecule has 3 aliphatic heterocycles. The lowest BCUT2D eigenvalue weighted by Gasteiger charge is -2.47. The zero-order valence-electron chi connectivity index (χ0n) is 35.3. The summed E-state index contributed by atoms with van der Waals surface area (Å²) in [5.74, 6) is -2.76. The molecule has 20 N–H and O–H groups in total. The third kappa shape index (κ3) is 13.6. The average Bonchev–Trinajstić information content (AvgIpc) is 3.60. The lowest BCUT2D eigenvalue weighted by Crippen LogP contribution is -2.68. The Hall–Kier alpha value is -4.44. The van der Waals surface area contributed by atoms with E-state index in [1.54, 1.807) is 60.7 Å². The molecule has 0 unspecified atom stereocenters. The number of nitrogens with two attached hydrogens (primary N) is 6. The van der Waals surface area contributed by atoms with Gasteiger partial charge in [-0.3, -0.25) is 10.6 Å². The summed E-state index contributed by atoms with van der Waals surface area (Å²) in [6, 6.07) is 12.0. The molecule has 19 atom stereocenters. The second-order valence-corrected chi connectivity index (χ2v) is 15.8. The monoisotopic (exact) mass is 966 g/mol. The van der Waals surface area contributed by atoms with Gasteiger partial charge in [-0.05, 0) is 30.7 Å². The Kier molecular flexibility index (Phi) is 18.9. The van der Waals surface area contributed by atoms with Crippen LogP contribution in [0.3, 0.4) is 0 Å². The van der Waals surface area contributed by atoms with Gasteiger partial charge in [-0.25, -0.2) is 14.4 Å². The molecule has 4 aliphatic rings. The highest BCUT2D eigenvalue weighted by Gasteiger charge is 2.56. The number of aliphatic hydroxyl groups excluding tert-OH is 5. The lowest BCUT2D eigenvalue weighted by molar-refractivity contribution is -0.306. The van der Waals surface area contributed by atoms with Crippen LogP contribution < -0.4 is 45.0 Å². The number of amides is 2. The van der Waals surface area contributed by atoms with Gasteiger partial charge in [0.1, 0.15) is 67.6 Å².